The molecule has 0 bridgehead atoms. The van der Waals surface area contributed by atoms with Crippen LogP contribution in [0.2, 0.25) is 0 Å². The maximum absolute atomic E-state index is 11.9. The second-order valence-corrected chi connectivity index (χ2v) is 5.56. The molecule has 0 spiro atoms. The van der Waals surface area contributed by atoms with Crippen molar-refractivity contribution in [2.75, 3.05) is 13.6 Å². The van der Waals surface area contributed by atoms with Crippen molar-refractivity contribution in [1.29, 1.82) is 0 Å². The maximum atomic E-state index is 11.9. The molecule has 1 aliphatic heterocycles. The van der Waals surface area contributed by atoms with Crippen molar-refractivity contribution < 1.29 is 19.2 Å². The Morgan fingerprint density at radius 2 is 1.75 bits per heavy atom. The summed E-state index contributed by atoms with van der Waals surface area (Å²) in [6, 6.07) is -0.646. The maximum Gasteiger partial charge on any atom is 0.334 e. The van der Waals surface area contributed by atoms with Crippen molar-refractivity contribution in [3.05, 3.63) is 0 Å². The SMILES string of the molecule is CC1CCC(NC(=O)CN2C(=O)C(=O)N(C)C2=O)CC1. The van der Waals surface area contributed by atoms with Crippen molar-refractivity contribution in [1.82, 2.24) is 15.1 Å². The molecule has 7 heteroatoms. The van der Waals surface area contributed by atoms with E-state index in [-0.39, 0.29) is 12.6 Å². The molecule has 0 aromatic heterocycles. The van der Waals surface area contributed by atoms with Gasteiger partial charge in [-0.25, -0.2) is 9.69 Å². The minimum atomic E-state index is -0.940. The monoisotopic (exact) mass is 281 g/mol. The van der Waals surface area contributed by atoms with Gasteiger partial charge in [0, 0.05) is 13.1 Å². The number of carbonyl (C=O) groups excluding carboxylic acids is 4. The number of imide groups is 2. The van der Waals surface area contributed by atoms with Gasteiger partial charge in [-0.1, -0.05) is 6.92 Å². The first-order valence-electron chi connectivity index (χ1n) is 6.83. The van der Waals surface area contributed by atoms with Crippen molar-refractivity contribution >= 4 is 23.8 Å². The van der Waals surface area contributed by atoms with Crippen LogP contribution in [-0.2, 0) is 14.4 Å². The van der Waals surface area contributed by atoms with Gasteiger partial charge in [0.2, 0.25) is 5.91 Å². The van der Waals surface area contributed by atoms with Crippen molar-refractivity contribution in [2.45, 2.75) is 38.6 Å². The van der Waals surface area contributed by atoms with Crippen molar-refractivity contribution in [3.63, 3.8) is 0 Å². The molecule has 0 atom stereocenters. The van der Waals surface area contributed by atoms with Gasteiger partial charge in [-0.3, -0.25) is 19.3 Å². The third-order valence-corrected chi connectivity index (χ3v) is 3.93. The molecule has 110 valence electrons. The lowest BCUT2D eigenvalue weighted by molar-refractivity contribution is -0.143. The molecule has 5 amide bonds. The van der Waals surface area contributed by atoms with Gasteiger partial charge in [0.25, 0.3) is 0 Å². The van der Waals surface area contributed by atoms with Gasteiger partial charge in [0.05, 0.1) is 0 Å². The van der Waals surface area contributed by atoms with Gasteiger partial charge in [-0.15, -0.1) is 0 Å². The Morgan fingerprint density at radius 1 is 1.15 bits per heavy atom. The summed E-state index contributed by atoms with van der Waals surface area (Å²) < 4.78 is 0. The first-order chi connectivity index (χ1) is 9.40. The fourth-order valence-electron chi connectivity index (χ4n) is 2.57. The lowest BCUT2D eigenvalue weighted by Crippen LogP contribution is -2.45. The Hall–Kier alpha value is -1.92. The van der Waals surface area contributed by atoms with E-state index in [9.17, 15) is 19.2 Å². The minimum Gasteiger partial charge on any atom is -0.352 e. The molecule has 2 rings (SSSR count). The second-order valence-electron chi connectivity index (χ2n) is 5.56. The third-order valence-electron chi connectivity index (χ3n) is 3.93. The highest BCUT2D eigenvalue weighted by atomic mass is 16.2. The van der Waals surface area contributed by atoms with Crippen molar-refractivity contribution in [2.24, 2.45) is 5.92 Å². The number of rotatable bonds is 3. The van der Waals surface area contributed by atoms with Gasteiger partial charge in [0.1, 0.15) is 6.54 Å². The van der Waals surface area contributed by atoms with Gasteiger partial charge < -0.3 is 5.32 Å². The van der Waals surface area contributed by atoms with Crippen LogP contribution >= 0.6 is 0 Å². The zero-order valence-corrected chi connectivity index (χ0v) is 11.7. The van der Waals surface area contributed by atoms with Crippen LogP contribution in [0.3, 0.4) is 0 Å². The zero-order valence-electron chi connectivity index (χ0n) is 11.7. The normalized spacial score (nSPS) is 27.2. The predicted molar refractivity (Wildman–Crippen MR) is 69.4 cm³/mol. The quantitative estimate of drug-likeness (QED) is 0.587. The summed E-state index contributed by atoms with van der Waals surface area (Å²) in [5, 5.41) is 2.82. The summed E-state index contributed by atoms with van der Waals surface area (Å²) in [5.41, 5.74) is 0. The molecule has 1 N–H and O–H groups in total. The van der Waals surface area contributed by atoms with E-state index in [2.05, 4.69) is 12.2 Å². The number of hydrogen-bond donors (Lipinski definition) is 1. The second kappa shape index (κ2) is 5.60. The van der Waals surface area contributed by atoms with Crippen LogP contribution in [-0.4, -0.2) is 53.2 Å². The lowest BCUT2D eigenvalue weighted by atomic mass is 9.87. The Morgan fingerprint density at radius 3 is 2.25 bits per heavy atom. The summed E-state index contributed by atoms with van der Waals surface area (Å²) in [6.07, 6.45) is 3.95. The molecule has 2 aliphatic rings. The van der Waals surface area contributed by atoms with E-state index >= 15 is 0 Å². The molecule has 0 aromatic carbocycles. The fraction of sp³-hybridized carbons (Fsp3) is 0.692. The highest BCUT2D eigenvalue weighted by molar-refractivity contribution is 6.44. The Balaban J connectivity index is 1.87. The van der Waals surface area contributed by atoms with Crippen LogP contribution in [0.15, 0.2) is 0 Å². The average molecular weight is 281 g/mol. The van der Waals surface area contributed by atoms with Crippen LogP contribution < -0.4 is 5.32 Å². The zero-order chi connectivity index (χ0) is 14.9. The van der Waals surface area contributed by atoms with E-state index in [1.165, 1.54) is 7.05 Å². The number of nitrogens with one attached hydrogen (secondary N) is 1. The molecular formula is C13H19N3O4. The van der Waals surface area contributed by atoms with E-state index in [0.29, 0.717) is 10.8 Å². The van der Waals surface area contributed by atoms with E-state index in [1.54, 1.807) is 0 Å². The molecule has 1 saturated carbocycles. The number of hydrogen-bond acceptors (Lipinski definition) is 4. The van der Waals surface area contributed by atoms with E-state index in [4.69, 9.17) is 0 Å². The number of amides is 5. The largest absolute Gasteiger partial charge is 0.352 e. The molecule has 0 unspecified atom stereocenters. The first kappa shape index (κ1) is 14.5. The topological polar surface area (TPSA) is 86.8 Å². The highest BCUT2D eigenvalue weighted by Gasteiger charge is 2.43. The molecule has 1 aliphatic carbocycles. The van der Waals surface area contributed by atoms with E-state index in [0.717, 1.165) is 30.6 Å². The average Bonchev–Trinajstić information content (AvgIpc) is 2.59. The van der Waals surface area contributed by atoms with Gasteiger partial charge in [0.15, 0.2) is 0 Å². The van der Waals surface area contributed by atoms with Crippen LogP contribution in [0.4, 0.5) is 4.79 Å². The fourth-order valence-corrected chi connectivity index (χ4v) is 2.57. The Labute approximate surface area is 117 Å². The molecule has 1 heterocycles. The summed E-state index contributed by atoms with van der Waals surface area (Å²) >= 11 is 0. The van der Waals surface area contributed by atoms with Crippen LogP contribution in [0.25, 0.3) is 0 Å². The number of likely N-dealkylation sites (N-methyl/N-ethyl adjacent to an activating group) is 1. The number of nitrogens with zero attached hydrogens (tertiary/aromatic N) is 2. The summed E-state index contributed by atoms with van der Waals surface area (Å²) in [5.74, 6) is -1.55. The first-order valence-corrected chi connectivity index (χ1v) is 6.83. The molecular weight excluding hydrogens is 262 g/mol. The van der Waals surface area contributed by atoms with Crippen LogP contribution in [0, 0.1) is 5.92 Å². The Bertz CT molecular complexity index is 455. The summed E-state index contributed by atoms with van der Waals surface area (Å²) in [4.78, 5) is 47.7. The summed E-state index contributed by atoms with van der Waals surface area (Å²) in [6.45, 7) is 1.79. The van der Waals surface area contributed by atoms with Gasteiger partial charge >= 0.3 is 17.8 Å². The molecule has 7 nitrogen and oxygen atoms in total. The standard InChI is InChI=1S/C13H19N3O4/c1-8-3-5-9(6-4-8)14-10(17)7-16-12(19)11(18)15(2)13(16)20/h8-9H,3-7H2,1-2H3,(H,14,17). The summed E-state index contributed by atoms with van der Waals surface area (Å²) in [7, 11) is 1.23. The molecule has 20 heavy (non-hydrogen) atoms. The van der Waals surface area contributed by atoms with Gasteiger partial charge in [-0.05, 0) is 31.6 Å². The van der Waals surface area contributed by atoms with E-state index in [1.807, 2.05) is 0 Å². The highest BCUT2D eigenvalue weighted by Crippen LogP contribution is 2.23. The minimum absolute atomic E-state index is 0.0972. The van der Waals surface area contributed by atoms with Gasteiger partial charge in [-0.2, -0.15) is 0 Å². The lowest BCUT2D eigenvalue weighted by Gasteiger charge is -2.27. The molecule has 0 radical (unpaired) electrons. The van der Waals surface area contributed by atoms with Crippen molar-refractivity contribution in [3.8, 4) is 0 Å². The van der Waals surface area contributed by atoms with Crippen LogP contribution in [0.1, 0.15) is 32.6 Å². The predicted octanol–water partition coefficient (Wildman–Crippen LogP) is 0.102. The van der Waals surface area contributed by atoms with Crippen LogP contribution in [0.5, 0.6) is 0 Å². The number of urea groups is 1. The third kappa shape index (κ3) is 2.81. The molecule has 1 saturated heterocycles. The molecule has 2 fully saturated rings. The number of carbonyl (C=O) groups is 4. The smallest absolute Gasteiger partial charge is 0.334 e. The molecule has 0 aromatic rings. The Kier molecular flexibility index (Phi) is 4.06. The van der Waals surface area contributed by atoms with E-state index < -0.39 is 23.8 Å².